The third-order valence-electron chi connectivity index (χ3n) is 3.42. The molecule has 0 heterocycles. The van der Waals surface area contributed by atoms with Crippen molar-refractivity contribution in [2.24, 2.45) is 0 Å². The highest BCUT2D eigenvalue weighted by molar-refractivity contribution is 5.95. The quantitative estimate of drug-likeness (QED) is 0.561. The second-order valence-electron chi connectivity index (χ2n) is 4.90. The second-order valence-corrected chi connectivity index (χ2v) is 4.90. The zero-order valence-electron chi connectivity index (χ0n) is 11.0. The molecule has 4 nitrogen and oxygen atoms in total. The average Bonchev–Trinajstić information content (AvgIpc) is 2.41. The van der Waals surface area contributed by atoms with Crippen molar-refractivity contribution in [3.05, 3.63) is 35.4 Å². The first kappa shape index (κ1) is 13.5. The number of nitrogens with one attached hydrogen (secondary N) is 1. The van der Waals surface area contributed by atoms with E-state index in [0.717, 1.165) is 13.0 Å². The first-order valence-corrected chi connectivity index (χ1v) is 6.71. The van der Waals surface area contributed by atoms with Gasteiger partial charge in [0.1, 0.15) is 0 Å². The Hall–Kier alpha value is -1.97. The molecule has 0 unspecified atom stereocenters. The summed E-state index contributed by atoms with van der Waals surface area (Å²) in [6.45, 7) is 0.760. The number of carboxylic acid groups (broad SMARTS) is 1. The molecule has 0 bridgehead atoms. The fourth-order valence-electron chi connectivity index (χ4n) is 2.38. The van der Waals surface area contributed by atoms with E-state index in [2.05, 4.69) is 11.4 Å². The molecule has 102 valence electrons. The van der Waals surface area contributed by atoms with Crippen LogP contribution < -0.4 is 11.1 Å². The van der Waals surface area contributed by atoms with Crippen molar-refractivity contribution in [3.8, 4) is 0 Å². The maximum atomic E-state index is 11.1. The fourth-order valence-corrected chi connectivity index (χ4v) is 2.38. The molecule has 0 aliphatic heterocycles. The van der Waals surface area contributed by atoms with Gasteiger partial charge in [0.15, 0.2) is 0 Å². The van der Waals surface area contributed by atoms with Crippen LogP contribution in [0, 0.1) is 0 Å². The summed E-state index contributed by atoms with van der Waals surface area (Å²) in [5.41, 5.74) is 8.43. The van der Waals surface area contributed by atoms with Crippen LogP contribution in [0.25, 0.3) is 0 Å². The molecule has 1 aliphatic rings. The van der Waals surface area contributed by atoms with Crippen molar-refractivity contribution in [2.75, 3.05) is 17.6 Å². The molecule has 0 amide bonds. The summed E-state index contributed by atoms with van der Waals surface area (Å²) in [6, 6.07) is 4.94. The highest BCUT2D eigenvalue weighted by Crippen LogP contribution is 2.22. The van der Waals surface area contributed by atoms with Crippen molar-refractivity contribution in [2.45, 2.75) is 32.1 Å². The number of carboxylic acids is 1. The molecule has 0 saturated heterocycles. The number of anilines is 2. The number of nitrogen functional groups attached to an aromatic ring is 1. The minimum atomic E-state index is -0.952. The van der Waals surface area contributed by atoms with Crippen LogP contribution in [0.15, 0.2) is 29.8 Å². The summed E-state index contributed by atoms with van der Waals surface area (Å²) in [6.07, 6.45) is 8.20. The number of aromatic carboxylic acids is 1. The van der Waals surface area contributed by atoms with E-state index in [1.165, 1.54) is 37.3 Å². The molecular formula is C15H20N2O2. The van der Waals surface area contributed by atoms with Crippen LogP contribution in [0.5, 0.6) is 0 Å². The molecular weight excluding hydrogens is 240 g/mol. The molecule has 2 rings (SSSR count). The zero-order valence-corrected chi connectivity index (χ0v) is 11.0. The van der Waals surface area contributed by atoms with Crippen molar-refractivity contribution in [3.63, 3.8) is 0 Å². The molecule has 1 aromatic carbocycles. The van der Waals surface area contributed by atoms with Crippen molar-refractivity contribution < 1.29 is 9.90 Å². The van der Waals surface area contributed by atoms with Gasteiger partial charge in [0.05, 0.1) is 5.56 Å². The molecule has 0 fully saturated rings. The summed E-state index contributed by atoms with van der Waals surface area (Å²) in [4.78, 5) is 11.1. The lowest BCUT2D eigenvalue weighted by Crippen LogP contribution is -2.09. The normalized spacial score (nSPS) is 14.8. The summed E-state index contributed by atoms with van der Waals surface area (Å²) < 4.78 is 0. The van der Waals surface area contributed by atoms with Gasteiger partial charge in [0, 0.05) is 17.9 Å². The maximum Gasteiger partial charge on any atom is 0.337 e. The van der Waals surface area contributed by atoms with Gasteiger partial charge in [-0.3, -0.25) is 0 Å². The Kier molecular flexibility index (Phi) is 4.44. The lowest BCUT2D eigenvalue weighted by molar-refractivity contribution is 0.0698. The van der Waals surface area contributed by atoms with Crippen LogP contribution >= 0.6 is 0 Å². The van der Waals surface area contributed by atoms with Crippen LogP contribution in [-0.4, -0.2) is 17.6 Å². The number of hydrogen-bond donors (Lipinski definition) is 3. The van der Waals surface area contributed by atoms with Crippen LogP contribution in [0.2, 0.25) is 0 Å². The van der Waals surface area contributed by atoms with Gasteiger partial charge in [-0.25, -0.2) is 4.79 Å². The molecule has 1 aromatic rings. The third-order valence-corrected chi connectivity index (χ3v) is 3.42. The maximum absolute atomic E-state index is 11.1. The van der Waals surface area contributed by atoms with Gasteiger partial charge in [-0.2, -0.15) is 0 Å². The monoisotopic (exact) mass is 260 g/mol. The van der Waals surface area contributed by atoms with Crippen molar-refractivity contribution >= 4 is 17.3 Å². The first-order chi connectivity index (χ1) is 9.16. The summed E-state index contributed by atoms with van der Waals surface area (Å²) in [5, 5.41) is 12.3. The van der Waals surface area contributed by atoms with Gasteiger partial charge in [-0.1, -0.05) is 11.6 Å². The van der Waals surface area contributed by atoms with Gasteiger partial charge in [0.2, 0.25) is 0 Å². The summed E-state index contributed by atoms with van der Waals surface area (Å²) in [5.74, 6) is -0.952. The fraction of sp³-hybridized carbons (Fsp3) is 0.400. The Morgan fingerprint density at radius 3 is 2.89 bits per heavy atom. The molecule has 0 radical (unpaired) electrons. The highest BCUT2D eigenvalue weighted by Gasteiger charge is 2.10. The van der Waals surface area contributed by atoms with Gasteiger partial charge in [-0.15, -0.1) is 0 Å². The predicted octanol–water partition coefficient (Wildman–Crippen LogP) is 3.27. The van der Waals surface area contributed by atoms with E-state index in [9.17, 15) is 4.79 Å². The average molecular weight is 260 g/mol. The van der Waals surface area contributed by atoms with Gasteiger partial charge >= 0.3 is 5.97 Å². The third kappa shape index (κ3) is 3.74. The lowest BCUT2D eigenvalue weighted by Gasteiger charge is -2.14. The van der Waals surface area contributed by atoms with Crippen molar-refractivity contribution in [1.82, 2.24) is 0 Å². The molecule has 0 saturated carbocycles. The molecule has 4 N–H and O–H groups in total. The molecule has 19 heavy (non-hydrogen) atoms. The lowest BCUT2D eigenvalue weighted by atomic mass is 9.97. The Balaban J connectivity index is 1.95. The number of allylic oxidation sites excluding steroid dienone is 1. The largest absolute Gasteiger partial charge is 0.478 e. The van der Waals surface area contributed by atoms with Crippen LogP contribution in [0.3, 0.4) is 0 Å². The van der Waals surface area contributed by atoms with Gasteiger partial charge < -0.3 is 16.2 Å². The van der Waals surface area contributed by atoms with E-state index in [1.807, 2.05) is 0 Å². The predicted molar refractivity (Wildman–Crippen MR) is 77.5 cm³/mol. The second kappa shape index (κ2) is 6.27. The van der Waals surface area contributed by atoms with E-state index in [4.69, 9.17) is 10.8 Å². The minimum absolute atomic E-state index is 0.234. The highest BCUT2D eigenvalue weighted by atomic mass is 16.4. The molecule has 4 heteroatoms. The minimum Gasteiger partial charge on any atom is -0.478 e. The standard InChI is InChI=1S/C15H20N2O2/c16-12-6-7-14(13(10-12)15(18)19)17-9-8-11-4-2-1-3-5-11/h4,6-7,10,17H,1-3,5,8-9,16H2,(H,18,19). The summed E-state index contributed by atoms with van der Waals surface area (Å²) in [7, 11) is 0. The smallest absolute Gasteiger partial charge is 0.337 e. The Labute approximate surface area is 113 Å². The zero-order chi connectivity index (χ0) is 13.7. The number of benzene rings is 1. The summed E-state index contributed by atoms with van der Waals surface area (Å²) >= 11 is 0. The van der Waals surface area contributed by atoms with Crippen LogP contribution in [-0.2, 0) is 0 Å². The van der Waals surface area contributed by atoms with Crippen LogP contribution in [0.1, 0.15) is 42.5 Å². The Bertz CT molecular complexity index is 495. The van der Waals surface area contributed by atoms with E-state index in [1.54, 1.807) is 12.1 Å². The molecule has 1 aliphatic carbocycles. The number of nitrogens with two attached hydrogens (primary N) is 1. The number of carbonyl (C=O) groups is 1. The van der Waals surface area contributed by atoms with Gasteiger partial charge in [0.25, 0.3) is 0 Å². The first-order valence-electron chi connectivity index (χ1n) is 6.71. The van der Waals surface area contributed by atoms with Crippen molar-refractivity contribution in [1.29, 1.82) is 0 Å². The number of hydrogen-bond acceptors (Lipinski definition) is 3. The van der Waals surface area contributed by atoms with E-state index in [-0.39, 0.29) is 5.56 Å². The molecule has 0 aromatic heterocycles. The topological polar surface area (TPSA) is 75.3 Å². The molecule has 0 spiro atoms. The van der Waals surface area contributed by atoms with E-state index in [0.29, 0.717) is 11.4 Å². The van der Waals surface area contributed by atoms with E-state index >= 15 is 0 Å². The van der Waals surface area contributed by atoms with Crippen LogP contribution in [0.4, 0.5) is 11.4 Å². The number of rotatable bonds is 5. The van der Waals surface area contributed by atoms with E-state index < -0.39 is 5.97 Å². The SMILES string of the molecule is Nc1ccc(NCCC2=CCCCC2)c(C(=O)O)c1. The van der Waals surface area contributed by atoms with Gasteiger partial charge in [-0.05, 0) is 50.3 Å². The Morgan fingerprint density at radius 2 is 2.21 bits per heavy atom. The Morgan fingerprint density at radius 1 is 1.37 bits per heavy atom. The molecule has 0 atom stereocenters.